The number of sulfone groups is 1. The summed E-state index contributed by atoms with van der Waals surface area (Å²) in [5, 5.41) is 6.48. The van der Waals surface area contributed by atoms with Crippen LogP contribution in [0.25, 0.3) is 5.69 Å². The molecular formula is C15H13N3O3S2. The number of methoxy groups -OCH3 is 1. The molecule has 2 aromatic carbocycles. The molecule has 1 N–H and O–H groups in total. The van der Waals surface area contributed by atoms with E-state index in [2.05, 4.69) is 10.2 Å². The predicted molar refractivity (Wildman–Crippen MR) is 87.2 cm³/mol. The molecule has 0 atom stereocenters. The first-order valence-electron chi connectivity index (χ1n) is 6.64. The maximum Gasteiger partial charge on any atom is 0.206 e. The van der Waals surface area contributed by atoms with Crippen molar-refractivity contribution in [2.24, 2.45) is 0 Å². The minimum absolute atomic E-state index is 0.185. The molecule has 0 aliphatic rings. The number of rotatable bonds is 4. The molecule has 1 heterocycles. The van der Waals surface area contributed by atoms with Crippen molar-refractivity contribution >= 4 is 22.1 Å². The van der Waals surface area contributed by atoms with Gasteiger partial charge in [0.1, 0.15) is 12.1 Å². The Morgan fingerprint density at radius 2 is 1.87 bits per heavy atom. The molecule has 0 aliphatic heterocycles. The molecule has 0 bridgehead atoms. The molecule has 0 saturated heterocycles. The summed E-state index contributed by atoms with van der Waals surface area (Å²) in [4.78, 5) is 0.383. The van der Waals surface area contributed by atoms with Gasteiger partial charge in [-0.05, 0) is 54.7 Å². The van der Waals surface area contributed by atoms with E-state index in [1.54, 1.807) is 41.0 Å². The highest BCUT2D eigenvalue weighted by atomic mass is 32.2. The molecule has 8 heteroatoms. The summed E-state index contributed by atoms with van der Waals surface area (Å²) in [7, 11) is -2.11. The highest BCUT2D eigenvalue weighted by molar-refractivity contribution is 7.91. The summed E-state index contributed by atoms with van der Waals surface area (Å²) in [5.41, 5.74) is 0.730. The van der Waals surface area contributed by atoms with Crippen molar-refractivity contribution in [3.05, 3.63) is 59.6 Å². The summed E-state index contributed by atoms with van der Waals surface area (Å²) in [6, 6.07) is 12.8. The van der Waals surface area contributed by atoms with E-state index in [0.717, 1.165) is 5.69 Å². The number of nitrogens with one attached hydrogen (secondary N) is 1. The first-order chi connectivity index (χ1) is 11.0. The zero-order valence-electron chi connectivity index (χ0n) is 12.1. The van der Waals surface area contributed by atoms with Crippen molar-refractivity contribution in [1.29, 1.82) is 0 Å². The van der Waals surface area contributed by atoms with Gasteiger partial charge < -0.3 is 4.74 Å². The first kappa shape index (κ1) is 15.4. The average molecular weight is 347 g/mol. The summed E-state index contributed by atoms with van der Waals surface area (Å²) < 4.78 is 32.5. The van der Waals surface area contributed by atoms with E-state index >= 15 is 0 Å². The average Bonchev–Trinajstić information content (AvgIpc) is 3.01. The summed E-state index contributed by atoms with van der Waals surface area (Å²) >= 11 is 5.09. The number of nitrogens with zero attached hydrogens (tertiary/aromatic N) is 2. The van der Waals surface area contributed by atoms with Crippen LogP contribution in [-0.4, -0.2) is 30.3 Å². The molecule has 0 aliphatic carbocycles. The highest BCUT2D eigenvalue weighted by Gasteiger charge is 2.18. The Kier molecular flexibility index (Phi) is 4.01. The van der Waals surface area contributed by atoms with Gasteiger partial charge >= 0.3 is 0 Å². The fraction of sp³-hybridized carbons (Fsp3) is 0.0667. The van der Waals surface area contributed by atoms with Gasteiger partial charge in [0.2, 0.25) is 9.84 Å². The van der Waals surface area contributed by atoms with E-state index in [4.69, 9.17) is 17.0 Å². The van der Waals surface area contributed by atoms with Crippen molar-refractivity contribution in [2.45, 2.75) is 9.79 Å². The SMILES string of the molecule is COc1cccc(S(=O)(=O)c2ccc(-n3cn[nH]c3=S)cc2)c1. The van der Waals surface area contributed by atoms with Gasteiger partial charge in [0.25, 0.3) is 0 Å². The predicted octanol–water partition coefficient (Wildman–Crippen LogP) is 2.77. The van der Waals surface area contributed by atoms with Crippen LogP contribution in [0.1, 0.15) is 0 Å². The third-order valence-electron chi connectivity index (χ3n) is 3.33. The topological polar surface area (TPSA) is 77.0 Å². The fourth-order valence-electron chi connectivity index (χ4n) is 2.12. The Labute approximate surface area is 138 Å². The molecule has 1 aromatic heterocycles. The smallest absolute Gasteiger partial charge is 0.206 e. The van der Waals surface area contributed by atoms with Crippen molar-refractivity contribution in [1.82, 2.24) is 14.8 Å². The van der Waals surface area contributed by atoms with Crippen LogP contribution in [0.15, 0.2) is 64.6 Å². The van der Waals surface area contributed by atoms with E-state index in [1.807, 2.05) is 0 Å². The molecule has 23 heavy (non-hydrogen) atoms. The van der Waals surface area contributed by atoms with E-state index < -0.39 is 9.84 Å². The second kappa shape index (κ2) is 5.98. The lowest BCUT2D eigenvalue weighted by Crippen LogP contribution is -2.03. The number of ether oxygens (including phenoxy) is 1. The largest absolute Gasteiger partial charge is 0.497 e. The number of aromatic amines is 1. The van der Waals surface area contributed by atoms with Crippen LogP contribution in [0.5, 0.6) is 5.75 Å². The molecular weight excluding hydrogens is 334 g/mol. The van der Waals surface area contributed by atoms with Crippen LogP contribution < -0.4 is 4.74 Å². The molecule has 6 nitrogen and oxygen atoms in total. The van der Waals surface area contributed by atoms with Crippen molar-refractivity contribution in [3.8, 4) is 11.4 Å². The quantitative estimate of drug-likeness (QED) is 0.734. The van der Waals surface area contributed by atoms with Gasteiger partial charge in [-0.3, -0.25) is 9.67 Å². The van der Waals surface area contributed by atoms with Gasteiger partial charge in [-0.1, -0.05) is 6.07 Å². The van der Waals surface area contributed by atoms with Crippen molar-refractivity contribution in [3.63, 3.8) is 0 Å². The summed E-state index contributed by atoms with van der Waals surface area (Å²) in [6.45, 7) is 0. The van der Waals surface area contributed by atoms with Gasteiger partial charge in [-0.25, -0.2) is 8.42 Å². The lowest BCUT2D eigenvalue weighted by Gasteiger charge is -2.08. The zero-order chi connectivity index (χ0) is 16.4. The van der Waals surface area contributed by atoms with E-state index in [9.17, 15) is 8.42 Å². The third kappa shape index (κ3) is 2.90. The van der Waals surface area contributed by atoms with Gasteiger partial charge in [0.05, 0.1) is 16.9 Å². The van der Waals surface area contributed by atoms with Gasteiger partial charge in [-0.2, -0.15) is 5.10 Å². The highest BCUT2D eigenvalue weighted by Crippen LogP contribution is 2.25. The summed E-state index contributed by atoms with van der Waals surface area (Å²) in [6.07, 6.45) is 1.54. The van der Waals surface area contributed by atoms with Crippen LogP contribution in [0.4, 0.5) is 0 Å². The fourth-order valence-corrected chi connectivity index (χ4v) is 3.62. The molecule has 0 radical (unpaired) electrons. The third-order valence-corrected chi connectivity index (χ3v) is 5.38. The lowest BCUT2D eigenvalue weighted by atomic mass is 10.3. The number of H-pyrrole nitrogens is 1. The Bertz CT molecular complexity index is 989. The molecule has 0 fully saturated rings. The maximum absolute atomic E-state index is 12.7. The number of hydrogen-bond acceptors (Lipinski definition) is 5. The molecule has 118 valence electrons. The standard InChI is InChI=1S/C15H13N3O3S2/c1-21-12-3-2-4-14(9-12)23(19,20)13-7-5-11(6-8-13)18-10-16-17-15(18)22/h2-10H,1H3,(H,17,22). The Balaban J connectivity index is 2.01. The van der Waals surface area contributed by atoms with Gasteiger partial charge in [0, 0.05) is 5.69 Å². The normalized spacial score (nSPS) is 11.3. The number of benzene rings is 2. The Morgan fingerprint density at radius 3 is 2.48 bits per heavy atom. The second-order valence-electron chi connectivity index (χ2n) is 4.71. The molecule has 3 rings (SSSR count). The second-order valence-corrected chi connectivity index (χ2v) is 7.04. The molecule has 0 amide bonds. The van der Waals surface area contributed by atoms with Crippen molar-refractivity contribution < 1.29 is 13.2 Å². The zero-order valence-corrected chi connectivity index (χ0v) is 13.8. The Hall–Kier alpha value is -2.45. The first-order valence-corrected chi connectivity index (χ1v) is 8.53. The molecule has 0 saturated carbocycles. The lowest BCUT2D eigenvalue weighted by molar-refractivity contribution is 0.413. The minimum Gasteiger partial charge on any atom is -0.497 e. The van der Waals surface area contributed by atoms with E-state index in [-0.39, 0.29) is 9.79 Å². The molecule has 3 aromatic rings. The monoisotopic (exact) mass is 347 g/mol. The maximum atomic E-state index is 12.7. The number of aromatic nitrogens is 3. The molecule has 0 unspecified atom stereocenters. The van der Waals surface area contributed by atoms with Crippen LogP contribution in [0.2, 0.25) is 0 Å². The minimum atomic E-state index is -3.61. The van der Waals surface area contributed by atoms with Crippen LogP contribution in [-0.2, 0) is 9.84 Å². The van der Waals surface area contributed by atoms with E-state index in [0.29, 0.717) is 10.5 Å². The summed E-state index contributed by atoms with van der Waals surface area (Å²) in [5.74, 6) is 0.493. The molecule has 0 spiro atoms. The van der Waals surface area contributed by atoms with Crippen LogP contribution in [0, 0.1) is 4.77 Å². The Morgan fingerprint density at radius 1 is 1.13 bits per heavy atom. The van der Waals surface area contributed by atoms with Crippen LogP contribution >= 0.6 is 12.2 Å². The van der Waals surface area contributed by atoms with Gasteiger partial charge in [-0.15, -0.1) is 0 Å². The number of hydrogen-bond donors (Lipinski definition) is 1. The van der Waals surface area contributed by atoms with Gasteiger partial charge in [0.15, 0.2) is 4.77 Å². The van der Waals surface area contributed by atoms with E-state index in [1.165, 1.54) is 25.6 Å². The van der Waals surface area contributed by atoms with Crippen molar-refractivity contribution in [2.75, 3.05) is 7.11 Å². The van der Waals surface area contributed by atoms with Crippen LogP contribution in [0.3, 0.4) is 0 Å².